The Balaban J connectivity index is 2.02. The van der Waals surface area contributed by atoms with Gasteiger partial charge in [0.15, 0.2) is 0 Å². The van der Waals surface area contributed by atoms with E-state index in [9.17, 15) is 5.11 Å². The lowest BCUT2D eigenvalue weighted by Crippen LogP contribution is -2.37. The third-order valence-corrected chi connectivity index (χ3v) is 3.48. The molecule has 0 spiro atoms. The standard InChI is InChI=1S/C12H15Cl2NO/c13-10-4-3-9(12(14)6-10)7-15-5-1-2-11(16)8-15/h3-4,6,11,16H,1-2,5,7-8H2/t11-/m0/s1. The van der Waals surface area contributed by atoms with E-state index in [-0.39, 0.29) is 6.10 Å². The van der Waals surface area contributed by atoms with Gasteiger partial charge in [-0.25, -0.2) is 0 Å². The van der Waals surface area contributed by atoms with Crippen molar-refractivity contribution >= 4 is 23.2 Å². The molecule has 0 saturated carbocycles. The zero-order valence-electron chi connectivity index (χ0n) is 9.00. The van der Waals surface area contributed by atoms with Crippen LogP contribution in [0.25, 0.3) is 0 Å². The molecule has 1 fully saturated rings. The van der Waals surface area contributed by atoms with E-state index in [0.29, 0.717) is 10.0 Å². The van der Waals surface area contributed by atoms with Crippen LogP contribution in [-0.4, -0.2) is 29.2 Å². The van der Waals surface area contributed by atoms with Crippen LogP contribution in [0.15, 0.2) is 18.2 Å². The first-order valence-corrected chi connectivity index (χ1v) is 6.25. The summed E-state index contributed by atoms with van der Waals surface area (Å²) in [5, 5.41) is 10.9. The number of halogens is 2. The summed E-state index contributed by atoms with van der Waals surface area (Å²) in [7, 11) is 0. The fourth-order valence-electron chi connectivity index (χ4n) is 2.07. The maximum atomic E-state index is 9.58. The first kappa shape index (κ1) is 12.2. The Kier molecular flexibility index (Phi) is 4.09. The average molecular weight is 260 g/mol. The predicted octanol–water partition coefficient (Wildman–Crippen LogP) is 2.95. The van der Waals surface area contributed by atoms with Crippen LogP contribution in [0.4, 0.5) is 0 Å². The number of likely N-dealkylation sites (tertiary alicyclic amines) is 1. The zero-order valence-corrected chi connectivity index (χ0v) is 10.5. The topological polar surface area (TPSA) is 23.5 Å². The molecule has 0 bridgehead atoms. The fourth-order valence-corrected chi connectivity index (χ4v) is 2.53. The van der Waals surface area contributed by atoms with Gasteiger partial charge in [-0.3, -0.25) is 4.90 Å². The quantitative estimate of drug-likeness (QED) is 0.883. The Morgan fingerprint density at radius 2 is 2.19 bits per heavy atom. The van der Waals surface area contributed by atoms with Gasteiger partial charge < -0.3 is 5.11 Å². The Labute approximate surface area is 106 Å². The second kappa shape index (κ2) is 5.37. The van der Waals surface area contributed by atoms with Crippen molar-refractivity contribution in [3.05, 3.63) is 33.8 Å². The Hall–Kier alpha value is -0.280. The smallest absolute Gasteiger partial charge is 0.0667 e. The fraction of sp³-hybridized carbons (Fsp3) is 0.500. The third-order valence-electron chi connectivity index (χ3n) is 2.89. The molecule has 0 amide bonds. The van der Waals surface area contributed by atoms with Crippen molar-refractivity contribution in [2.45, 2.75) is 25.5 Å². The number of β-amino-alcohol motifs (C(OH)–C–C–N with tert-alkyl or cyclic N) is 1. The summed E-state index contributed by atoms with van der Waals surface area (Å²) in [6.07, 6.45) is 1.76. The molecular formula is C12H15Cl2NO. The highest BCUT2D eigenvalue weighted by atomic mass is 35.5. The molecule has 4 heteroatoms. The molecule has 0 radical (unpaired) electrons. The Bertz CT molecular complexity index is 370. The molecule has 16 heavy (non-hydrogen) atoms. The lowest BCUT2D eigenvalue weighted by Gasteiger charge is -2.30. The summed E-state index contributed by atoms with van der Waals surface area (Å²) >= 11 is 12.0. The van der Waals surface area contributed by atoms with E-state index in [2.05, 4.69) is 4.90 Å². The number of benzene rings is 1. The van der Waals surface area contributed by atoms with Gasteiger partial charge in [0.25, 0.3) is 0 Å². The summed E-state index contributed by atoms with van der Waals surface area (Å²) in [5.74, 6) is 0. The number of nitrogens with zero attached hydrogens (tertiary/aromatic N) is 1. The summed E-state index contributed by atoms with van der Waals surface area (Å²) in [4.78, 5) is 2.23. The van der Waals surface area contributed by atoms with Crippen LogP contribution < -0.4 is 0 Å². The van der Waals surface area contributed by atoms with Crippen molar-refractivity contribution in [3.8, 4) is 0 Å². The normalized spacial score (nSPS) is 22.3. The molecule has 0 aliphatic carbocycles. The van der Waals surface area contributed by atoms with Gasteiger partial charge in [0.05, 0.1) is 6.10 Å². The number of hydrogen-bond donors (Lipinski definition) is 1. The van der Waals surface area contributed by atoms with E-state index in [1.54, 1.807) is 6.07 Å². The molecular weight excluding hydrogens is 245 g/mol. The second-order valence-corrected chi connectivity index (χ2v) is 5.11. The molecule has 1 aliphatic heterocycles. The molecule has 1 aromatic carbocycles. The van der Waals surface area contributed by atoms with Crippen molar-refractivity contribution in [1.29, 1.82) is 0 Å². The van der Waals surface area contributed by atoms with Crippen LogP contribution in [0.1, 0.15) is 18.4 Å². The number of aliphatic hydroxyl groups excluding tert-OH is 1. The van der Waals surface area contributed by atoms with Gasteiger partial charge in [-0.2, -0.15) is 0 Å². The maximum Gasteiger partial charge on any atom is 0.0667 e. The number of piperidine rings is 1. The second-order valence-electron chi connectivity index (χ2n) is 4.27. The first-order valence-electron chi connectivity index (χ1n) is 5.49. The van der Waals surface area contributed by atoms with Crippen LogP contribution in [0.3, 0.4) is 0 Å². The highest BCUT2D eigenvalue weighted by Crippen LogP contribution is 2.23. The van der Waals surface area contributed by atoms with Crippen molar-refractivity contribution in [2.75, 3.05) is 13.1 Å². The van der Waals surface area contributed by atoms with Gasteiger partial charge in [-0.05, 0) is 37.1 Å². The molecule has 1 aromatic rings. The SMILES string of the molecule is O[C@H]1CCCN(Cc2ccc(Cl)cc2Cl)C1. The minimum atomic E-state index is -0.195. The van der Waals surface area contributed by atoms with Crippen LogP contribution >= 0.6 is 23.2 Å². The molecule has 0 aromatic heterocycles. The van der Waals surface area contributed by atoms with Gasteiger partial charge in [-0.15, -0.1) is 0 Å². The number of aliphatic hydroxyl groups is 1. The molecule has 1 aliphatic rings. The minimum absolute atomic E-state index is 0.195. The number of hydrogen-bond acceptors (Lipinski definition) is 2. The number of rotatable bonds is 2. The van der Waals surface area contributed by atoms with Crippen LogP contribution in [0.5, 0.6) is 0 Å². The van der Waals surface area contributed by atoms with Crippen LogP contribution in [0, 0.1) is 0 Å². The largest absolute Gasteiger partial charge is 0.392 e. The predicted molar refractivity (Wildman–Crippen MR) is 67.0 cm³/mol. The molecule has 0 unspecified atom stereocenters. The lowest BCUT2D eigenvalue weighted by atomic mass is 10.1. The molecule has 1 atom stereocenters. The minimum Gasteiger partial charge on any atom is -0.392 e. The maximum absolute atomic E-state index is 9.58. The lowest BCUT2D eigenvalue weighted by molar-refractivity contribution is 0.0668. The molecule has 1 N–H and O–H groups in total. The van der Waals surface area contributed by atoms with E-state index < -0.39 is 0 Å². The van der Waals surface area contributed by atoms with E-state index in [4.69, 9.17) is 23.2 Å². The van der Waals surface area contributed by atoms with E-state index in [0.717, 1.165) is 38.0 Å². The summed E-state index contributed by atoms with van der Waals surface area (Å²) < 4.78 is 0. The van der Waals surface area contributed by atoms with Gasteiger partial charge >= 0.3 is 0 Å². The van der Waals surface area contributed by atoms with E-state index in [1.165, 1.54) is 0 Å². The average Bonchev–Trinajstić information content (AvgIpc) is 2.22. The summed E-state index contributed by atoms with van der Waals surface area (Å²) in [5.41, 5.74) is 1.07. The molecule has 2 rings (SSSR count). The van der Waals surface area contributed by atoms with Gasteiger partial charge in [0, 0.05) is 23.1 Å². The van der Waals surface area contributed by atoms with Crippen molar-refractivity contribution < 1.29 is 5.11 Å². The van der Waals surface area contributed by atoms with Crippen LogP contribution in [-0.2, 0) is 6.54 Å². The zero-order chi connectivity index (χ0) is 11.5. The highest BCUT2D eigenvalue weighted by molar-refractivity contribution is 6.35. The van der Waals surface area contributed by atoms with Gasteiger partial charge in [-0.1, -0.05) is 29.3 Å². The Morgan fingerprint density at radius 1 is 1.38 bits per heavy atom. The van der Waals surface area contributed by atoms with E-state index in [1.807, 2.05) is 12.1 Å². The third kappa shape index (κ3) is 3.11. The van der Waals surface area contributed by atoms with Crippen molar-refractivity contribution in [3.63, 3.8) is 0 Å². The molecule has 1 saturated heterocycles. The molecule has 2 nitrogen and oxygen atoms in total. The van der Waals surface area contributed by atoms with Gasteiger partial charge in [0.1, 0.15) is 0 Å². The Morgan fingerprint density at radius 3 is 2.88 bits per heavy atom. The van der Waals surface area contributed by atoms with Gasteiger partial charge in [0.2, 0.25) is 0 Å². The first-order chi connectivity index (χ1) is 7.65. The molecule has 88 valence electrons. The molecule has 1 heterocycles. The highest BCUT2D eigenvalue weighted by Gasteiger charge is 2.18. The summed E-state index contributed by atoms with van der Waals surface area (Å²) in [6, 6.07) is 5.56. The monoisotopic (exact) mass is 259 g/mol. The van der Waals surface area contributed by atoms with Crippen molar-refractivity contribution in [2.24, 2.45) is 0 Å². The van der Waals surface area contributed by atoms with Crippen molar-refractivity contribution in [1.82, 2.24) is 4.90 Å². The summed E-state index contributed by atoms with van der Waals surface area (Å²) in [6.45, 7) is 2.54. The van der Waals surface area contributed by atoms with E-state index >= 15 is 0 Å². The van der Waals surface area contributed by atoms with Crippen LogP contribution in [0.2, 0.25) is 10.0 Å².